The summed E-state index contributed by atoms with van der Waals surface area (Å²) in [6.07, 6.45) is -0.264. The van der Waals surface area contributed by atoms with Gasteiger partial charge in [-0.1, -0.05) is 6.07 Å². The molecule has 0 unspecified atom stereocenters. The van der Waals surface area contributed by atoms with Crippen molar-refractivity contribution < 1.29 is 19.2 Å². The highest BCUT2D eigenvalue weighted by atomic mass is 16.6. The van der Waals surface area contributed by atoms with Crippen LogP contribution >= 0.6 is 0 Å². The normalized spacial score (nSPS) is 15.3. The van der Waals surface area contributed by atoms with Gasteiger partial charge in [-0.15, -0.1) is 0 Å². The number of ether oxygens (including phenoxy) is 2. The zero-order valence-electron chi connectivity index (χ0n) is 13.1. The van der Waals surface area contributed by atoms with Gasteiger partial charge in [0, 0.05) is 38.8 Å². The van der Waals surface area contributed by atoms with Gasteiger partial charge >= 0.3 is 6.09 Å². The van der Waals surface area contributed by atoms with E-state index in [2.05, 4.69) is 4.90 Å². The Bertz CT molecular complexity index is 544. The number of carbonyl (C=O) groups is 1. The second-order valence-corrected chi connectivity index (χ2v) is 5.13. The maximum Gasteiger partial charge on any atom is 0.409 e. The third-order valence-corrected chi connectivity index (χ3v) is 3.60. The predicted molar refractivity (Wildman–Crippen MR) is 83.6 cm³/mol. The molecule has 23 heavy (non-hydrogen) atoms. The first kappa shape index (κ1) is 17.0. The van der Waals surface area contributed by atoms with Crippen LogP contribution in [-0.2, 0) is 4.74 Å². The fourth-order valence-corrected chi connectivity index (χ4v) is 2.35. The molecular formula is C15H21N3O5. The zero-order valence-corrected chi connectivity index (χ0v) is 13.1. The third kappa shape index (κ3) is 5.10. The van der Waals surface area contributed by atoms with Crippen molar-refractivity contribution in [3.8, 4) is 5.75 Å². The van der Waals surface area contributed by atoms with Gasteiger partial charge in [-0.05, 0) is 13.0 Å². The first-order valence-corrected chi connectivity index (χ1v) is 7.61. The molecule has 0 radical (unpaired) electrons. The molecule has 0 aromatic heterocycles. The Morgan fingerprint density at radius 3 is 2.70 bits per heavy atom. The minimum absolute atomic E-state index is 0.0190. The molecule has 0 saturated carbocycles. The van der Waals surface area contributed by atoms with Gasteiger partial charge in [0.25, 0.3) is 5.69 Å². The van der Waals surface area contributed by atoms with Crippen molar-refractivity contribution in [3.05, 3.63) is 34.4 Å². The summed E-state index contributed by atoms with van der Waals surface area (Å²) in [5.74, 6) is 0.490. The van der Waals surface area contributed by atoms with Gasteiger partial charge < -0.3 is 14.4 Å². The van der Waals surface area contributed by atoms with Crippen molar-refractivity contribution in [1.82, 2.24) is 9.80 Å². The number of non-ortho nitro benzene ring substituents is 1. The number of piperazine rings is 1. The van der Waals surface area contributed by atoms with E-state index < -0.39 is 4.92 Å². The molecule has 0 bridgehead atoms. The third-order valence-electron chi connectivity index (χ3n) is 3.60. The van der Waals surface area contributed by atoms with Crippen LogP contribution < -0.4 is 4.74 Å². The number of rotatable bonds is 6. The van der Waals surface area contributed by atoms with E-state index in [9.17, 15) is 14.9 Å². The van der Waals surface area contributed by atoms with E-state index in [0.29, 0.717) is 38.6 Å². The molecule has 0 atom stereocenters. The van der Waals surface area contributed by atoms with Crippen molar-refractivity contribution in [3.63, 3.8) is 0 Å². The number of carbonyl (C=O) groups excluding carboxylic acids is 1. The molecule has 0 aliphatic carbocycles. The van der Waals surface area contributed by atoms with Crippen molar-refractivity contribution in [1.29, 1.82) is 0 Å². The second kappa shape index (κ2) is 8.33. The Hall–Kier alpha value is -2.35. The van der Waals surface area contributed by atoms with Crippen LogP contribution in [0.2, 0.25) is 0 Å². The van der Waals surface area contributed by atoms with Crippen LogP contribution in [0.4, 0.5) is 10.5 Å². The summed E-state index contributed by atoms with van der Waals surface area (Å²) in [5, 5.41) is 10.7. The molecule has 1 heterocycles. The summed E-state index contributed by atoms with van der Waals surface area (Å²) in [5.41, 5.74) is 0.0190. The molecular weight excluding hydrogens is 302 g/mol. The van der Waals surface area contributed by atoms with E-state index in [1.165, 1.54) is 12.1 Å². The van der Waals surface area contributed by atoms with Crippen LogP contribution in [0, 0.1) is 10.1 Å². The Balaban J connectivity index is 1.71. The molecule has 1 amide bonds. The van der Waals surface area contributed by atoms with Crippen LogP contribution in [0.15, 0.2) is 24.3 Å². The van der Waals surface area contributed by atoms with Gasteiger partial charge in [-0.3, -0.25) is 15.0 Å². The quantitative estimate of drug-likeness (QED) is 0.585. The number of nitro groups is 1. The Morgan fingerprint density at radius 1 is 1.30 bits per heavy atom. The van der Waals surface area contributed by atoms with Crippen LogP contribution in [0.1, 0.15) is 6.92 Å². The second-order valence-electron chi connectivity index (χ2n) is 5.13. The van der Waals surface area contributed by atoms with Crippen molar-refractivity contribution in [2.24, 2.45) is 0 Å². The summed E-state index contributed by atoms with van der Waals surface area (Å²) in [6.45, 7) is 6.12. The van der Waals surface area contributed by atoms with Gasteiger partial charge in [-0.2, -0.15) is 0 Å². The Kier molecular flexibility index (Phi) is 6.16. The molecule has 0 spiro atoms. The summed E-state index contributed by atoms with van der Waals surface area (Å²) < 4.78 is 10.5. The van der Waals surface area contributed by atoms with Crippen molar-refractivity contribution in [2.45, 2.75) is 6.92 Å². The van der Waals surface area contributed by atoms with E-state index in [0.717, 1.165) is 13.1 Å². The Morgan fingerprint density at radius 2 is 2.04 bits per heavy atom. The number of nitrogens with zero attached hydrogens (tertiary/aromatic N) is 3. The van der Waals surface area contributed by atoms with E-state index in [1.807, 2.05) is 0 Å². The average molecular weight is 323 g/mol. The van der Waals surface area contributed by atoms with Crippen LogP contribution in [0.5, 0.6) is 5.75 Å². The maximum atomic E-state index is 11.6. The largest absolute Gasteiger partial charge is 0.492 e. The first-order valence-electron chi connectivity index (χ1n) is 7.61. The number of hydrogen-bond acceptors (Lipinski definition) is 6. The highest BCUT2D eigenvalue weighted by Gasteiger charge is 2.21. The number of amides is 1. The first-order chi connectivity index (χ1) is 11.1. The minimum atomic E-state index is -0.443. The van der Waals surface area contributed by atoms with E-state index >= 15 is 0 Å². The maximum absolute atomic E-state index is 11.6. The fourth-order valence-electron chi connectivity index (χ4n) is 2.35. The number of nitro benzene ring substituents is 1. The van der Waals surface area contributed by atoms with Crippen molar-refractivity contribution >= 4 is 11.8 Å². The number of benzene rings is 1. The fraction of sp³-hybridized carbons (Fsp3) is 0.533. The van der Waals surface area contributed by atoms with Gasteiger partial charge in [-0.25, -0.2) is 4.79 Å². The highest BCUT2D eigenvalue weighted by Crippen LogP contribution is 2.19. The summed E-state index contributed by atoms with van der Waals surface area (Å²) in [7, 11) is 0. The standard InChI is InChI=1S/C15H21N3O5/c1-2-22-15(19)17-8-6-16(7-9-17)10-11-23-14-5-3-4-13(12-14)18(20)21/h3-5,12H,2,6-11H2,1H3. The molecule has 1 saturated heterocycles. The van der Waals surface area contributed by atoms with E-state index in [-0.39, 0.29) is 11.8 Å². The molecule has 1 aliphatic heterocycles. The molecule has 126 valence electrons. The smallest absolute Gasteiger partial charge is 0.409 e. The monoisotopic (exact) mass is 323 g/mol. The lowest BCUT2D eigenvalue weighted by atomic mass is 10.3. The summed E-state index contributed by atoms with van der Waals surface area (Å²) in [6, 6.07) is 6.15. The predicted octanol–water partition coefficient (Wildman–Crippen LogP) is 1.75. The lowest BCUT2D eigenvalue weighted by Crippen LogP contribution is -2.49. The van der Waals surface area contributed by atoms with Crippen LogP contribution in [-0.4, -0.2) is 66.8 Å². The van der Waals surface area contributed by atoms with Gasteiger partial charge in [0.1, 0.15) is 12.4 Å². The SMILES string of the molecule is CCOC(=O)N1CCN(CCOc2cccc([N+](=O)[O-])c2)CC1. The van der Waals surface area contributed by atoms with Crippen LogP contribution in [0.25, 0.3) is 0 Å². The summed E-state index contributed by atoms with van der Waals surface area (Å²) in [4.78, 5) is 25.7. The molecule has 2 rings (SSSR count). The zero-order chi connectivity index (χ0) is 16.7. The topological polar surface area (TPSA) is 85.2 Å². The van der Waals surface area contributed by atoms with Gasteiger partial charge in [0.2, 0.25) is 0 Å². The van der Waals surface area contributed by atoms with Gasteiger partial charge in [0.15, 0.2) is 0 Å². The lowest BCUT2D eigenvalue weighted by Gasteiger charge is -2.33. The van der Waals surface area contributed by atoms with E-state index in [1.54, 1.807) is 24.0 Å². The number of hydrogen-bond donors (Lipinski definition) is 0. The molecule has 0 N–H and O–H groups in total. The lowest BCUT2D eigenvalue weighted by molar-refractivity contribution is -0.384. The van der Waals surface area contributed by atoms with E-state index in [4.69, 9.17) is 9.47 Å². The molecule has 8 heteroatoms. The minimum Gasteiger partial charge on any atom is -0.492 e. The van der Waals surface area contributed by atoms with Crippen LogP contribution in [0.3, 0.4) is 0 Å². The molecule has 1 aromatic rings. The summed E-state index contributed by atoms with van der Waals surface area (Å²) >= 11 is 0. The molecule has 1 aliphatic rings. The molecule has 1 fully saturated rings. The highest BCUT2D eigenvalue weighted by molar-refractivity contribution is 5.67. The van der Waals surface area contributed by atoms with Crippen molar-refractivity contribution in [2.75, 3.05) is 45.9 Å². The molecule has 1 aromatic carbocycles. The van der Waals surface area contributed by atoms with Gasteiger partial charge in [0.05, 0.1) is 17.6 Å². The average Bonchev–Trinajstić information content (AvgIpc) is 2.56. The molecule has 8 nitrogen and oxygen atoms in total. The Labute approximate surface area is 134 Å².